The third-order valence-corrected chi connectivity index (χ3v) is 8.24. The van der Waals surface area contributed by atoms with E-state index in [9.17, 15) is 13.2 Å². The number of para-hydroxylation sites is 2. The van der Waals surface area contributed by atoms with E-state index in [1.54, 1.807) is 66.7 Å². The number of methoxy groups -OCH3 is 2. The predicted molar refractivity (Wildman–Crippen MR) is 133 cm³/mol. The zero-order chi connectivity index (χ0) is 24.3. The molecule has 4 aromatic rings. The number of ketones is 1. The number of nitrogens with one attached hydrogen (secondary N) is 1. The van der Waals surface area contributed by atoms with Gasteiger partial charge in [0, 0.05) is 5.56 Å². The van der Waals surface area contributed by atoms with Gasteiger partial charge in [0.2, 0.25) is 15.6 Å². The van der Waals surface area contributed by atoms with Crippen molar-refractivity contribution in [1.82, 2.24) is 0 Å². The number of benzene rings is 3. The molecule has 174 valence electrons. The number of hydrogen-bond acceptors (Lipinski definition) is 8. The summed E-state index contributed by atoms with van der Waals surface area (Å²) in [5.74, 6) is 0.671. The zero-order valence-corrected chi connectivity index (χ0v) is 20.1. The van der Waals surface area contributed by atoms with Crippen LogP contribution in [0.25, 0.3) is 0 Å². The van der Waals surface area contributed by atoms with E-state index in [2.05, 4.69) is 5.32 Å². The maximum absolute atomic E-state index is 13.7. The van der Waals surface area contributed by atoms with Gasteiger partial charge in [-0.1, -0.05) is 42.5 Å². The highest BCUT2D eigenvalue weighted by molar-refractivity contribution is 7.92. The molecule has 34 heavy (non-hydrogen) atoms. The number of carbonyl (C=O) groups excluding carboxylic acids is 1. The highest BCUT2D eigenvalue weighted by atomic mass is 32.2. The standard InChI is InChI=1S/C25H22N2O5S2/c1-31-17-12-14-18(15-13-17)34(29,30)24-21(26)23(22(28)16-8-4-3-5-9-16)33-25(24)27-19-10-6-7-11-20(19)32-2/h3-15,27H,26H2,1-2H3. The van der Waals surface area contributed by atoms with Crippen LogP contribution in [0, 0.1) is 0 Å². The van der Waals surface area contributed by atoms with E-state index in [4.69, 9.17) is 15.2 Å². The molecule has 0 amide bonds. The second kappa shape index (κ2) is 9.58. The van der Waals surface area contributed by atoms with Gasteiger partial charge in [0.15, 0.2) is 0 Å². The van der Waals surface area contributed by atoms with Gasteiger partial charge >= 0.3 is 0 Å². The second-order valence-electron chi connectivity index (χ2n) is 7.20. The molecule has 0 unspecified atom stereocenters. The molecule has 0 bridgehead atoms. The third-order valence-electron chi connectivity index (χ3n) is 5.14. The van der Waals surface area contributed by atoms with Crippen molar-refractivity contribution in [2.24, 2.45) is 0 Å². The first-order valence-corrected chi connectivity index (χ1v) is 12.5. The van der Waals surface area contributed by atoms with Gasteiger partial charge in [-0.05, 0) is 36.4 Å². The minimum absolute atomic E-state index is 0.0274. The Morgan fingerprint density at radius 3 is 2.18 bits per heavy atom. The highest BCUT2D eigenvalue weighted by Gasteiger charge is 2.32. The molecule has 0 saturated carbocycles. The molecule has 0 spiro atoms. The van der Waals surface area contributed by atoms with E-state index in [0.29, 0.717) is 22.7 Å². The lowest BCUT2D eigenvalue weighted by molar-refractivity contribution is 0.104. The molecular formula is C25H22N2O5S2. The van der Waals surface area contributed by atoms with Crippen LogP contribution in [0.5, 0.6) is 11.5 Å². The fourth-order valence-electron chi connectivity index (χ4n) is 3.41. The number of hydrogen-bond donors (Lipinski definition) is 2. The fourth-order valence-corrected chi connectivity index (χ4v) is 6.34. The molecular weight excluding hydrogens is 472 g/mol. The van der Waals surface area contributed by atoms with Crippen molar-refractivity contribution >= 4 is 43.3 Å². The molecule has 0 saturated heterocycles. The Balaban J connectivity index is 1.89. The van der Waals surface area contributed by atoms with Crippen molar-refractivity contribution < 1.29 is 22.7 Å². The first-order chi connectivity index (χ1) is 16.4. The summed E-state index contributed by atoms with van der Waals surface area (Å²) in [6.45, 7) is 0. The van der Waals surface area contributed by atoms with Crippen LogP contribution in [0.3, 0.4) is 0 Å². The lowest BCUT2D eigenvalue weighted by Crippen LogP contribution is -2.08. The van der Waals surface area contributed by atoms with Crippen LogP contribution in [0.2, 0.25) is 0 Å². The fraction of sp³-hybridized carbons (Fsp3) is 0.0800. The Morgan fingerprint density at radius 2 is 1.53 bits per heavy atom. The summed E-state index contributed by atoms with van der Waals surface area (Å²) in [6, 6.07) is 21.7. The molecule has 9 heteroatoms. The van der Waals surface area contributed by atoms with E-state index in [1.807, 2.05) is 0 Å². The lowest BCUT2D eigenvalue weighted by Gasteiger charge is -2.12. The summed E-state index contributed by atoms with van der Waals surface area (Å²) in [5.41, 5.74) is 7.20. The maximum Gasteiger partial charge on any atom is 0.211 e. The summed E-state index contributed by atoms with van der Waals surface area (Å²) in [5, 5.41) is 3.34. The van der Waals surface area contributed by atoms with Crippen molar-refractivity contribution in [2.75, 3.05) is 25.3 Å². The van der Waals surface area contributed by atoms with Gasteiger partial charge in [-0.2, -0.15) is 0 Å². The van der Waals surface area contributed by atoms with Gasteiger partial charge in [-0.25, -0.2) is 8.42 Å². The molecule has 0 aliphatic heterocycles. The van der Waals surface area contributed by atoms with E-state index in [0.717, 1.165) is 11.3 Å². The number of anilines is 3. The van der Waals surface area contributed by atoms with Crippen molar-refractivity contribution in [3.05, 3.63) is 89.3 Å². The van der Waals surface area contributed by atoms with Gasteiger partial charge in [-0.15, -0.1) is 11.3 Å². The number of carbonyl (C=O) groups is 1. The van der Waals surface area contributed by atoms with Crippen LogP contribution >= 0.6 is 11.3 Å². The molecule has 1 heterocycles. The van der Waals surface area contributed by atoms with Gasteiger partial charge in [-0.3, -0.25) is 4.79 Å². The number of sulfone groups is 1. The Labute approximate surface area is 201 Å². The van der Waals surface area contributed by atoms with Crippen molar-refractivity contribution in [3.63, 3.8) is 0 Å². The monoisotopic (exact) mass is 494 g/mol. The number of thiophene rings is 1. The first-order valence-electron chi connectivity index (χ1n) is 10.2. The molecule has 3 N–H and O–H groups in total. The van der Waals surface area contributed by atoms with Crippen LogP contribution in [0.15, 0.2) is 88.7 Å². The number of nitrogens with two attached hydrogens (primary N) is 1. The topological polar surface area (TPSA) is 108 Å². The van der Waals surface area contributed by atoms with Crippen LogP contribution in [-0.4, -0.2) is 28.4 Å². The molecule has 0 aliphatic rings. The maximum atomic E-state index is 13.7. The molecule has 0 aliphatic carbocycles. The lowest BCUT2D eigenvalue weighted by atomic mass is 10.1. The Kier molecular flexibility index (Phi) is 6.58. The molecule has 3 aromatic carbocycles. The van der Waals surface area contributed by atoms with Crippen molar-refractivity contribution in [2.45, 2.75) is 9.79 Å². The first kappa shape index (κ1) is 23.3. The average molecular weight is 495 g/mol. The summed E-state index contributed by atoms with van der Waals surface area (Å²) in [6.07, 6.45) is 0. The third kappa shape index (κ3) is 4.35. The van der Waals surface area contributed by atoms with Crippen LogP contribution in [-0.2, 0) is 9.84 Å². The SMILES string of the molecule is COc1ccc(S(=O)(=O)c2c(Nc3ccccc3OC)sc(C(=O)c3ccccc3)c2N)cc1. The van der Waals surface area contributed by atoms with Gasteiger partial charge in [0.25, 0.3) is 0 Å². The van der Waals surface area contributed by atoms with Crippen LogP contribution in [0.1, 0.15) is 15.2 Å². The van der Waals surface area contributed by atoms with Gasteiger partial charge < -0.3 is 20.5 Å². The molecule has 0 radical (unpaired) electrons. The molecule has 0 fully saturated rings. The molecule has 1 aromatic heterocycles. The smallest absolute Gasteiger partial charge is 0.211 e. The summed E-state index contributed by atoms with van der Waals surface area (Å²) in [7, 11) is -1.07. The number of ether oxygens (including phenoxy) is 2. The molecule has 4 rings (SSSR count). The van der Waals surface area contributed by atoms with Crippen molar-refractivity contribution in [1.29, 1.82) is 0 Å². The average Bonchev–Trinajstić information content (AvgIpc) is 3.20. The number of rotatable bonds is 8. The second-order valence-corrected chi connectivity index (χ2v) is 10.1. The van der Waals surface area contributed by atoms with Gasteiger partial charge in [0.05, 0.1) is 30.5 Å². The normalized spacial score (nSPS) is 11.1. The Morgan fingerprint density at radius 1 is 0.882 bits per heavy atom. The van der Waals surface area contributed by atoms with E-state index < -0.39 is 9.84 Å². The molecule has 0 atom stereocenters. The minimum Gasteiger partial charge on any atom is -0.497 e. The Bertz CT molecular complexity index is 1430. The zero-order valence-electron chi connectivity index (χ0n) is 18.4. The largest absolute Gasteiger partial charge is 0.497 e. The van der Waals surface area contributed by atoms with E-state index >= 15 is 0 Å². The quantitative estimate of drug-likeness (QED) is 0.326. The van der Waals surface area contributed by atoms with Gasteiger partial charge in [0.1, 0.15) is 26.3 Å². The number of nitrogen functional groups attached to an aromatic ring is 1. The van der Waals surface area contributed by atoms with Crippen molar-refractivity contribution in [3.8, 4) is 11.5 Å². The van der Waals surface area contributed by atoms with E-state index in [-0.39, 0.29) is 31.1 Å². The van der Waals surface area contributed by atoms with Crippen LogP contribution < -0.4 is 20.5 Å². The summed E-state index contributed by atoms with van der Waals surface area (Å²) >= 11 is 0.987. The van der Waals surface area contributed by atoms with E-state index in [1.165, 1.54) is 26.4 Å². The highest BCUT2D eigenvalue weighted by Crippen LogP contribution is 2.45. The minimum atomic E-state index is -4.09. The predicted octanol–water partition coefficient (Wildman–Crippen LogP) is 5.15. The molecule has 7 nitrogen and oxygen atoms in total. The van der Waals surface area contributed by atoms with Crippen LogP contribution in [0.4, 0.5) is 16.4 Å². The summed E-state index contributed by atoms with van der Waals surface area (Å²) < 4.78 is 37.9. The Hall–Kier alpha value is -3.82. The summed E-state index contributed by atoms with van der Waals surface area (Å²) in [4.78, 5) is 13.2.